The lowest BCUT2D eigenvalue weighted by atomic mass is 10.1. The third kappa shape index (κ3) is 4.17. The molecule has 102 valence electrons. The smallest absolute Gasteiger partial charge is 0.247 e. The molecular formula is C15H21N3O. The van der Waals surface area contributed by atoms with Crippen molar-refractivity contribution in [1.29, 1.82) is 0 Å². The minimum absolute atomic E-state index is 0.111. The molecule has 1 N–H and O–H groups in total. The van der Waals surface area contributed by atoms with Crippen LogP contribution in [0.2, 0.25) is 0 Å². The summed E-state index contributed by atoms with van der Waals surface area (Å²) in [6.45, 7) is 9.30. The molecule has 1 aromatic heterocycles. The highest BCUT2D eigenvalue weighted by molar-refractivity contribution is 5.53. The Bertz CT molecular complexity index is 540. The summed E-state index contributed by atoms with van der Waals surface area (Å²) in [5.74, 6) is 1.27. The summed E-state index contributed by atoms with van der Waals surface area (Å²) in [4.78, 5) is 0. The maximum Gasteiger partial charge on any atom is 0.247 e. The molecule has 0 unspecified atom stereocenters. The number of aryl methyl sites for hydroxylation is 1. The van der Waals surface area contributed by atoms with Crippen LogP contribution in [0.1, 0.15) is 32.2 Å². The first-order chi connectivity index (χ1) is 8.94. The van der Waals surface area contributed by atoms with Gasteiger partial charge in [0.25, 0.3) is 0 Å². The molecule has 2 rings (SSSR count). The van der Waals surface area contributed by atoms with Crippen LogP contribution in [0.3, 0.4) is 0 Å². The van der Waals surface area contributed by atoms with E-state index in [1.54, 1.807) is 0 Å². The predicted octanol–water partition coefficient (Wildman–Crippen LogP) is 2.98. The fourth-order valence-corrected chi connectivity index (χ4v) is 1.79. The van der Waals surface area contributed by atoms with Gasteiger partial charge in [0, 0.05) is 24.1 Å². The maximum atomic E-state index is 5.68. The van der Waals surface area contributed by atoms with Gasteiger partial charge in [-0.1, -0.05) is 17.7 Å². The van der Waals surface area contributed by atoms with Crippen LogP contribution in [0.5, 0.6) is 0 Å². The molecule has 0 bridgehead atoms. The number of rotatable bonds is 4. The molecule has 0 saturated heterocycles. The molecule has 2 aromatic rings. The van der Waals surface area contributed by atoms with E-state index in [1.165, 1.54) is 5.56 Å². The fourth-order valence-electron chi connectivity index (χ4n) is 1.79. The zero-order valence-electron chi connectivity index (χ0n) is 12.0. The minimum atomic E-state index is 0.111. The second kappa shape index (κ2) is 5.53. The first-order valence-electron chi connectivity index (χ1n) is 6.58. The molecule has 0 radical (unpaired) electrons. The molecule has 0 atom stereocenters. The highest BCUT2D eigenvalue weighted by atomic mass is 16.4. The third-order valence-electron chi connectivity index (χ3n) is 2.73. The van der Waals surface area contributed by atoms with Crippen LogP contribution in [0.25, 0.3) is 11.5 Å². The molecule has 0 aliphatic rings. The molecule has 4 heteroatoms. The Kier molecular flexibility index (Phi) is 4.00. The number of aromatic nitrogens is 2. The summed E-state index contributed by atoms with van der Waals surface area (Å²) in [6, 6.07) is 8.08. The fraction of sp³-hybridized carbons (Fsp3) is 0.467. The summed E-state index contributed by atoms with van der Waals surface area (Å²) in [5, 5.41) is 11.6. The monoisotopic (exact) mass is 259 g/mol. The second-order valence-electron chi connectivity index (χ2n) is 5.80. The molecule has 0 aliphatic carbocycles. The molecule has 4 nitrogen and oxygen atoms in total. The summed E-state index contributed by atoms with van der Waals surface area (Å²) >= 11 is 0. The molecule has 0 aliphatic heterocycles. The molecule has 0 saturated carbocycles. The molecule has 0 spiro atoms. The largest absolute Gasteiger partial charge is 0.421 e. The second-order valence-corrected chi connectivity index (χ2v) is 5.80. The van der Waals surface area contributed by atoms with E-state index in [4.69, 9.17) is 4.42 Å². The lowest BCUT2D eigenvalue weighted by Crippen LogP contribution is -2.37. The Morgan fingerprint density at radius 1 is 1.21 bits per heavy atom. The molecule has 0 amide bonds. The Labute approximate surface area is 114 Å². The van der Waals surface area contributed by atoms with Crippen molar-refractivity contribution in [3.63, 3.8) is 0 Å². The van der Waals surface area contributed by atoms with Gasteiger partial charge in [-0.2, -0.15) is 0 Å². The molecule has 1 aromatic carbocycles. The SMILES string of the molecule is Cc1cccc(-c2nnc(CCNC(C)(C)C)o2)c1. The van der Waals surface area contributed by atoms with Gasteiger partial charge in [0.2, 0.25) is 11.8 Å². The van der Waals surface area contributed by atoms with Gasteiger partial charge in [-0.15, -0.1) is 10.2 Å². The van der Waals surface area contributed by atoms with Gasteiger partial charge in [0.15, 0.2) is 0 Å². The van der Waals surface area contributed by atoms with Crippen LogP contribution in [0.4, 0.5) is 0 Å². The van der Waals surface area contributed by atoms with Crippen molar-refractivity contribution in [3.8, 4) is 11.5 Å². The van der Waals surface area contributed by atoms with Gasteiger partial charge < -0.3 is 9.73 Å². The quantitative estimate of drug-likeness (QED) is 0.917. The van der Waals surface area contributed by atoms with Crippen molar-refractivity contribution in [2.24, 2.45) is 0 Å². The van der Waals surface area contributed by atoms with Crippen molar-refractivity contribution in [2.75, 3.05) is 6.54 Å². The first-order valence-corrected chi connectivity index (χ1v) is 6.58. The molecule has 0 fully saturated rings. The van der Waals surface area contributed by atoms with Gasteiger partial charge in [0.05, 0.1) is 0 Å². The summed E-state index contributed by atoms with van der Waals surface area (Å²) < 4.78 is 5.68. The van der Waals surface area contributed by atoms with E-state index in [0.717, 1.165) is 18.5 Å². The number of benzene rings is 1. The van der Waals surface area contributed by atoms with E-state index in [0.29, 0.717) is 11.8 Å². The summed E-state index contributed by atoms with van der Waals surface area (Å²) in [5.41, 5.74) is 2.27. The van der Waals surface area contributed by atoms with Crippen molar-refractivity contribution in [2.45, 2.75) is 39.7 Å². The van der Waals surface area contributed by atoms with Crippen LogP contribution >= 0.6 is 0 Å². The lowest BCUT2D eigenvalue weighted by Gasteiger charge is -2.19. The van der Waals surface area contributed by atoms with E-state index in [2.05, 4.69) is 36.3 Å². The first kappa shape index (κ1) is 13.7. The van der Waals surface area contributed by atoms with Crippen molar-refractivity contribution in [3.05, 3.63) is 35.7 Å². The lowest BCUT2D eigenvalue weighted by molar-refractivity contribution is 0.412. The van der Waals surface area contributed by atoms with Crippen molar-refractivity contribution >= 4 is 0 Å². The van der Waals surface area contributed by atoms with Gasteiger partial charge in [-0.3, -0.25) is 0 Å². The van der Waals surface area contributed by atoms with Gasteiger partial charge in [-0.05, 0) is 39.8 Å². The Balaban J connectivity index is 1.99. The number of hydrogen-bond acceptors (Lipinski definition) is 4. The van der Waals surface area contributed by atoms with E-state index in [1.807, 2.05) is 31.2 Å². The maximum absolute atomic E-state index is 5.68. The summed E-state index contributed by atoms with van der Waals surface area (Å²) in [7, 11) is 0. The average molecular weight is 259 g/mol. The Morgan fingerprint density at radius 3 is 2.68 bits per heavy atom. The van der Waals surface area contributed by atoms with Crippen LogP contribution in [0.15, 0.2) is 28.7 Å². The number of nitrogens with one attached hydrogen (secondary N) is 1. The van der Waals surface area contributed by atoms with Crippen LogP contribution in [-0.4, -0.2) is 22.3 Å². The normalized spacial score (nSPS) is 11.8. The van der Waals surface area contributed by atoms with Crippen LogP contribution in [0, 0.1) is 6.92 Å². The van der Waals surface area contributed by atoms with Crippen molar-refractivity contribution < 1.29 is 4.42 Å². The highest BCUT2D eigenvalue weighted by Crippen LogP contribution is 2.18. The van der Waals surface area contributed by atoms with Gasteiger partial charge in [0.1, 0.15) is 0 Å². The standard InChI is InChI=1S/C15H21N3O/c1-11-6-5-7-12(10-11)14-18-17-13(19-14)8-9-16-15(2,3)4/h5-7,10,16H,8-9H2,1-4H3. The van der Waals surface area contributed by atoms with E-state index in [-0.39, 0.29) is 5.54 Å². The van der Waals surface area contributed by atoms with Gasteiger partial charge in [-0.25, -0.2) is 0 Å². The Morgan fingerprint density at radius 2 is 2.00 bits per heavy atom. The van der Waals surface area contributed by atoms with Gasteiger partial charge >= 0.3 is 0 Å². The minimum Gasteiger partial charge on any atom is -0.421 e. The predicted molar refractivity (Wildman–Crippen MR) is 75.9 cm³/mol. The van der Waals surface area contributed by atoms with Crippen molar-refractivity contribution in [1.82, 2.24) is 15.5 Å². The Hall–Kier alpha value is -1.68. The average Bonchev–Trinajstić information content (AvgIpc) is 2.76. The molecule has 1 heterocycles. The topological polar surface area (TPSA) is 51.0 Å². The van der Waals surface area contributed by atoms with Crippen LogP contribution in [-0.2, 0) is 6.42 Å². The van der Waals surface area contributed by atoms with E-state index < -0.39 is 0 Å². The summed E-state index contributed by atoms with van der Waals surface area (Å²) in [6.07, 6.45) is 0.746. The molecule has 19 heavy (non-hydrogen) atoms. The number of hydrogen-bond donors (Lipinski definition) is 1. The zero-order valence-corrected chi connectivity index (χ0v) is 12.0. The van der Waals surface area contributed by atoms with E-state index in [9.17, 15) is 0 Å². The zero-order chi connectivity index (χ0) is 13.9. The molecular weight excluding hydrogens is 238 g/mol. The highest BCUT2D eigenvalue weighted by Gasteiger charge is 2.11. The third-order valence-corrected chi connectivity index (χ3v) is 2.73. The van der Waals surface area contributed by atoms with Crippen LogP contribution < -0.4 is 5.32 Å². The number of nitrogens with zero attached hydrogens (tertiary/aromatic N) is 2. The van der Waals surface area contributed by atoms with E-state index >= 15 is 0 Å².